The zero-order chi connectivity index (χ0) is 14.9. The first kappa shape index (κ1) is 14.1. The molecule has 0 saturated carbocycles. The molecule has 6 nitrogen and oxygen atoms in total. The molecule has 0 aliphatic carbocycles. The van der Waals surface area contributed by atoms with Crippen LogP contribution in [0, 0.1) is 11.3 Å². The van der Waals surface area contributed by atoms with E-state index < -0.39 is 18.2 Å². The lowest BCUT2D eigenvalue weighted by atomic mass is 9.95. The molecule has 0 bridgehead atoms. The molecular weight excluding hydrogens is 326 g/mol. The number of hydrogen-bond donors (Lipinski definition) is 2. The number of benzene rings is 1. The molecule has 1 aliphatic rings. The second-order valence-corrected chi connectivity index (χ2v) is 5.01. The Balaban J connectivity index is 2.68. The van der Waals surface area contributed by atoms with Crippen LogP contribution in [-0.4, -0.2) is 22.1 Å². The van der Waals surface area contributed by atoms with Crippen molar-refractivity contribution in [3.8, 4) is 6.07 Å². The molecule has 1 aliphatic heterocycles. The largest absolute Gasteiger partial charge is 0.465 e. The summed E-state index contributed by atoms with van der Waals surface area (Å²) in [6.07, 6.45) is -1.41. The summed E-state index contributed by atoms with van der Waals surface area (Å²) in [4.78, 5) is 23.8. The van der Waals surface area contributed by atoms with E-state index in [0.29, 0.717) is 20.6 Å². The molecule has 1 aromatic rings. The van der Waals surface area contributed by atoms with Gasteiger partial charge in [-0.3, -0.25) is 0 Å². The van der Waals surface area contributed by atoms with Gasteiger partial charge in [0, 0.05) is 10.2 Å². The van der Waals surface area contributed by atoms with Crippen LogP contribution in [0.5, 0.6) is 0 Å². The first-order valence-electron chi connectivity index (χ1n) is 5.65. The molecule has 1 atom stereocenters. The minimum Gasteiger partial charge on any atom is -0.465 e. The lowest BCUT2D eigenvalue weighted by molar-refractivity contribution is 0.136. The maximum absolute atomic E-state index is 11.9. The summed E-state index contributed by atoms with van der Waals surface area (Å²) >= 11 is 3.32. The highest BCUT2D eigenvalue weighted by atomic mass is 79.9. The fourth-order valence-corrected chi connectivity index (χ4v) is 2.57. The molecule has 0 radical (unpaired) electrons. The molecule has 2 rings (SSSR count). The minimum absolute atomic E-state index is 0.193. The van der Waals surface area contributed by atoms with Crippen molar-refractivity contribution in [1.29, 1.82) is 5.26 Å². The predicted octanol–water partition coefficient (Wildman–Crippen LogP) is 2.99. The molecule has 1 heterocycles. The van der Waals surface area contributed by atoms with Crippen LogP contribution < -0.4 is 5.32 Å². The van der Waals surface area contributed by atoms with Crippen LogP contribution in [0.1, 0.15) is 18.5 Å². The van der Waals surface area contributed by atoms with Gasteiger partial charge in [-0.15, -0.1) is 0 Å². The number of allylic oxidation sites excluding steroid dienone is 1. The smallest absolute Gasteiger partial charge is 0.416 e. The van der Waals surface area contributed by atoms with Crippen molar-refractivity contribution in [2.45, 2.75) is 13.0 Å². The number of imide groups is 1. The van der Waals surface area contributed by atoms with Crippen molar-refractivity contribution >= 4 is 28.1 Å². The number of carbonyl (C=O) groups is 2. The maximum Gasteiger partial charge on any atom is 0.416 e. The number of nitriles is 1. The van der Waals surface area contributed by atoms with E-state index in [9.17, 15) is 20.0 Å². The van der Waals surface area contributed by atoms with Gasteiger partial charge >= 0.3 is 12.1 Å². The summed E-state index contributed by atoms with van der Waals surface area (Å²) in [7, 11) is 0. The lowest BCUT2D eigenvalue weighted by Gasteiger charge is -2.33. The van der Waals surface area contributed by atoms with E-state index in [4.69, 9.17) is 0 Å². The molecule has 20 heavy (non-hydrogen) atoms. The number of amides is 3. The fourth-order valence-electron chi connectivity index (χ4n) is 2.07. The summed E-state index contributed by atoms with van der Waals surface area (Å²) < 4.78 is 0.631. The molecule has 7 heteroatoms. The van der Waals surface area contributed by atoms with Crippen molar-refractivity contribution in [2.24, 2.45) is 0 Å². The second-order valence-electron chi connectivity index (χ2n) is 4.16. The molecule has 102 valence electrons. The number of halogens is 1. The summed E-state index contributed by atoms with van der Waals surface area (Å²) in [6, 6.07) is 7.14. The third-order valence-corrected chi connectivity index (χ3v) is 3.70. The molecule has 3 amide bonds. The summed E-state index contributed by atoms with van der Waals surface area (Å²) in [5.74, 6) is 0. The number of nitrogens with zero attached hydrogens (tertiary/aromatic N) is 2. The number of carbonyl (C=O) groups excluding carboxylic acids is 1. The Morgan fingerprint density at radius 2 is 2.15 bits per heavy atom. The minimum atomic E-state index is -1.41. The number of rotatable bonds is 1. The summed E-state index contributed by atoms with van der Waals surface area (Å²) in [6.45, 7) is 1.57. The molecular formula is C13H10BrN3O3. The molecule has 0 fully saturated rings. The standard InChI is InChI=1S/C13H10BrN3O3/c1-7-9(6-15)11(8-4-2-3-5-10(8)14)17(13(19)20)12(18)16-7/h2-5,11H,1H3,(H,16,18)(H,19,20). The highest BCUT2D eigenvalue weighted by Gasteiger charge is 2.39. The average Bonchev–Trinajstić information content (AvgIpc) is 2.38. The Bertz CT molecular complexity index is 663. The van der Waals surface area contributed by atoms with Crippen LogP contribution in [0.3, 0.4) is 0 Å². The van der Waals surface area contributed by atoms with Gasteiger partial charge in [-0.2, -0.15) is 5.26 Å². The van der Waals surface area contributed by atoms with Gasteiger partial charge in [0.25, 0.3) is 0 Å². The van der Waals surface area contributed by atoms with E-state index in [-0.39, 0.29) is 5.57 Å². The van der Waals surface area contributed by atoms with Crippen LogP contribution in [0.4, 0.5) is 9.59 Å². The van der Waals surface area contributed by atoms with Gasteiger partial charge in [0.05, 0.1) is 11.6 Å². The van der Waals surface area contributed by atoms with Crippen LogP contribution >= 0.6 is 15.9 Å². The number of nitrogens with one attached hydrogen (secondary N) is 1. The van der Waals surface area contributed by atoms with Gasteiger partial charge in [-0.25, -0.2) is 14.5 Å². The summed E-state index contributed by atoms with van der Waals surface area (Å²) in [5, 5.41) is 20.9. The van der Waals surface area contributed by atoms with Gasteiger partial charge in [0.15, 0.2) is 0 Å². The van der Waals surface area contributed by atoms with E-state index in [2.05, 4.69) is 21.2 Å². The summed E-state index contributed by atoms with van der Waals surface area (Å²) in [5.41, 5.74) is 1.09. The number of urea groups is 1. The maximum atomic E-state index is 11.9. The van der Waals surface area contributed by atoms with Crippen molar-refractivity contribution in [3.05, 3.63) is 45.6 Å². The molecule has 0 saturated heterocycles. The van der Waals surface area contributed by atoms with Gasteiger partial charge in [0.2, 0.25) is 0 Å². The SMILES string of the molecule is CC1=C(C#N)C(c2ccccc2Br)N(C(=O)O)C(=O)N1. The van der Waals surface area contributed by atoms with E-state index in [1.54, 1.807) is 31.2 Å². The Labute approximate surface area is 123 Å². The highest BCUT2D eigenvalue weighted by molar-refractivity contribution is 9.10. The fraction of sp³-hybridized carbons (Fsp3) is 0.154. The van der Waals surface area contributed by atoms with Crippen LogP contribution in [-0.2, 0) is 0 Å². The third-order valence-electron chi connectivity index (χ3n) is 2.98. The molecule has 2 N–H and O–H groups in total. The van der Waals surface area contributed by atoms with Gasteiger partial charge < -0.3 is 10.4 Å². The van der Waals surface area contributed by atoms with Crippen molar-refractivity contribution in [3.63, 3.8) is 0 Å². The van der Waals surface area contributed by atoms with E-state index in [0.717, 1.165) is 0 Å². The van der Waals surface area contributed by atoms with Crippen LogP contribution in [0.25, 0.3) is 0 Å². The average molecular weight is 336 g/mol. The number of carboxylic acid groups (broad SMARTS) is 1. The van der Waals surface area contributed by atoms with E-state index in [1.165, 1.54) is 0 Å². The van der Waals surface area contributed by atoms with Gasteiger partial charge in [-0.05, 0) is 18.6 Å². The highest BCUT2D eigenvalue weighted by Crippen LogP contribution is 2.36. The molecule has 0 spiro atoms. The van der Waals surface area contributed by atoms with Crippen molar-refractivity contribution in [1.82, 2.24) is 10.2 Å². The predicted molar refractivity (Wildman–Crippen MR) is 73.6 cm³/mol. The Hall–Kier alpha value is -2.33. The lowest BCUT2D eigenvalue weighted by Crippen LogP contribution is -2.49. The Kier molecular flexibility index (Phi) is 3.77. The van der Waals surface area contributed by atoms with Crippen LogP contribution in [0.2, 0.25) is 0 Å². The Morgan fingerprint density at radius 3 is 2.70 bits per heavy atom. The third kappa shape index (κ3) is 2.26. The topological polar surface area (TPSA) is 93.4 Å². The van der Waals surface area contributed by atoms with Gasteiger partial charge in [-0.1, -0.05) is 34.1 Å². The zero-order valence-electron chi connectivity index (χ0n) is 10.4. The normalized spacial score (nSPS) is 18.6. The quantitative estimate of drug-likeness (QED) is 0.824. The van der Waals surface area contributed by atoms with E-state index >= 15 is 0 Å². The Morgan fingerprint density at radius 1 is 1.50 bits per heavy atom. The molecule has 1 aromatic carbocycles. The first-order valence-corrected chi connectivity index (χ1v) is 6.45. The first-order chi connectivity index (χ1) is 9.47. The van der Waals surface area contributed by atoms with Gasteiger partial charge in [0.1, 0.15) is 6.04 Å². The van der Waals surface area contributed by atoms with E-state index in [1.807, 2.05) is 6.07 Å². The van der Waals surface area contributed by atoms with Crippen molar-refractivity contribution < 1.29 is 14.7 Å². The monoisotopic (exact) mass is 335 g/mol. The van der Waals surface area contributed by atoms with Crippen molar-refractivity contribution in [2.75, 3.05) is 0 Å². The number of hydrogen-bond acceptors (Lipinski definition) is 3. The molecule has 0 aromatic heterocycles. The second kappa shape index (κ2) is 5.35. The van der Waals surface area contributed by atoms with Crippen LogP contribution in [0.15, 0.2) is 40.0 Å². The molecule has 1 unspecified atom stereocenters. The zero-order valence-corrected chi connectivity index (χ0v) is 12.0.